The molecule has 0 spiro atoms. The quantitative estimate of drug-likeness (QED) is 0.523. The molecule has 0 radical (unpaired) electrons. The fourth-order valence-electron chi connectivity index (χ4n) is 1.46. The van der Waals surface area contributed by atoms with Gasteiger partial charge in [0.1, 0.15) is 0 Å². The Labute approximate surface area is 99.4 Å². The molecule has 0 atom stereocenters. The van der Waals surface area contributed by atoms with Crippen LogP contribution in [0.4, 0.5) is 0 Å². The highest BCUT2D eigenvalue weighted by Gasteiger charge is 2.50. The molecule has 0 bridgehead atoms. The number of rotatable bonds is 5. The van der Waals surface area contributed by atoms with E-state index in [1.807, 2.05) is 41.8 Å². The average molecular weight is 229 g/mol. The zero-order valence-electron chi connectivity index (χ0n) is 11.4. The van der Waals surface area contributed by atoms with Crippen molar-refractivity contribution in [2.75, 3.05) is 33.8 Å². The van der Waals surface area contributed by atoms with E-state index in [1.54, 1.807) is 0 Å². The van der Waals surface area contributed by atoms with E-state index >= 15 is 0 Å². The first-order valence-electron chi connectivity index (χ1n) is 5.83. The molecule has 0 aromatic heterocycles. The van der Waals surface area contributed by atoms with Crippen LogP contribution in [0.2, 0.25) is 0 Å². The predicted molar refractivity (Wildman–Crippen MR) is 65.5 cm³/mol. The van der Waals surface area contributed by atoms with E-state index in [9.17, 15) is 0 Å². The summed E-state index contributed by atoms with van der Waals surface area (Å²) in [5.74, 6) is 0. The molecule has 0 N–H and O–H groups in total. The lowest BCUT2D eigenvalue weighted by Gasteiger charge is -2.32. The molecule has 1 aliphatic heterocycles. The Morgan fingerprint density at radius 1 is 1.06 bits per heavy atom. The largest absolute Gasteiger partial charge is 0.485 e. The van der Waals surface area contributed by atoms with Gasteiger partial charge in [-0.15, -0.1) is 0 Å². The topological polar surface area (TPSA) is 30.9 Å². The third-order valence-electron chi connectivity index (χ3n) is 3.24. The minimum absolute atomic E-state index is 0.243. The van der Waals surface area contributed by atoms with Crippen LogP contribution in [0.15, 0.2) is 0 Å². The van der Waals surface area contributed by atoms with Gasteiger partial charge in [0.05, 0.1) is 24.3 Å². The Balaban J connectivity index is 2.26. The van der Waals surface area contributed by atoms with Crippen molar-refractivity contribution in [2.24, 2.45) is 0 Å². The van der Waals surface area contributed by atoms with Crippen LogP contribution in [0.3, 0.4) is 0 Å². The van der Waals surface area contributed by atoms with Gasteiger partial charge in [0, 0.05) is 6.54 Å². The summed E-state index contributed by atoms with van der Waals surface area (Å²) in [7, 11) is 3.81. The van der Waals surface area contributed by atoms with Crippen molar-refractivity contribution < 1.29 is 14.0 Å². The summed E-state index contributed by atoms with van der Waals surface area (Å²) >= 11 is 0. The van der Waals surface area contributed by atoms with Crippen molar-refractivity contribution in [3.8, 4) is 0 Å². The highest BCUT2D eigenvalue weighted by atomic mass is 16.7. The number of hydrogen-bond donors (Lipinski definition) is 0. The maximum atomic E-state index is 5.81. The first-order valence-corrected chi connectivity index (χ1v) is 5.83. The monoisotopic (exact) mass is 229 g/mol. The fraction of sp³-hybridized carbons (Fsp3) is 1.00. The maximum Gasteiger partial charge on any atom is 0.485 e. The number of nitrogens with zero attached hydrogens (tertiary/aromatic N) is 1. The molecule has 1 aliphatic rings. The second-order valence-electron chi connectivity index (χ2n) is 5.56. The van der Waals surface area contributed by atoms with Crippen LogP contribution < -0.4 is 0 Å². The lowest BCUT2D eigenvalue weighted by atomic mass is 9.90. The Bertz CT molecular complexity index is 215. The molecule has 94 valence electrons. The van der Waals surface area contributed by atoms with E-state index < -0.39 is 0 Å². The van der Waals surface area contributed by atoms with E-state index in [4.69, 9.17) is 14.0 Å². The molecule has 0 aromatic carbocycles. The molecule has 16 heavy (non-hydrogen) atoms. The van der Waals surface area contributed by atoms with Gasteiger partial charge in [-0.1, -0.05) is 0 Å². The molecular formula is C11H24BNO3. The van der Waals surface area contributed by atoms with Crippen molar-refractivity contribution in [1.82, 2.24) is 4.90 Å². The van der Waals surface area contributed by atoms with Gasteiger partial charge in [-0.25, -0.2) is 0 Å². The van der Waals surface area contributed by atoms with Crippen LogP contribution in [0.1, 0.15) is 27.7 Å². The highest BCUT2D eigenvalue weighted by Crippen LogP contribution is 2.36. The molecule has 1 heterocycles. The third kappa shape index (κ3) is 3.45. The summed E-state index contributed by atoms with van der Waals surface area (Å²) < 4.78 is 17.1. The number of likely N-dealkylation sites (N-methyl/N-ethyl adjacent to an activating group) is 1. The van der Waals surface area contributed by atoms with Gasteiger partial charge < -0.3 is 18.9 Å². The predicted octanol–water partition coefficient (Wildman–Crippen LogP) is 1.20. The van der Waals surface area contributed by atoms with Gasteiger partial charge in [0.15, 0.2) is 0 Å². The second kappa shape index (κ2) is 5.04. The molecule has 1 rings (SSSR count). The minimum atomic E-state index is -0.261. The molecule has 0 amide bonds. The maximum absolute atomic E-state index is 5.81. The summed E-state index contributed by atoms with van der Waals surface area (Å²) in [6, 6.07) is 0. The van der Waals surface area contributed by atoms with E-state index in [1.165, 1.54) is 0 Å². The SMILES string of the molecule is CN(C)CCOCB1OC(C)(C)C(C)(C)O1. The average Bonchev–Trinajstić information content (AvgIpc) is 2.29. The Kier molecular flexibility index (Phi) is 4.40. The molecular weight excluding hydrogens is 205 g/mol. The first kappa shape index (κ1) is 14.0. The molecule has 0 saturated carbocycles. The van der Waals surface area contributed by atoms with Crippen LogP contribution >= 0.6 is 0 Å². The van der Waals surface area contributed by atoms with Crippen molar-refractivity contribution in [1.29, 1.82) is 0 Å². The van der Waals surface area contributed by atoms with E-state index in [0.29, 0.717) is 13.1 Å². The van der Waals surface area contributed by atoms with Gasteiger partial charge >= 0.3 is 7.12 Å². The molecule has 4 nitrogen and oxygen atoms in total. The van der Waals surface area contributed by atoms with Crippen molar-refractivity contribution in [3.05, 3.63) is 0 Å². The lowest BCUT2D eigenvalue weighted by molar-refractivity contribution is 0.00578. The standard InChI is InChI=1S/C11H24BNO3/c1-10(2)11(3,4)16-12(15-10)9-14-8-7-13(5)6/h7-9H2,1-6H3. The number of ether oxygens (including phenoxy) is 1. The summed E-state index contributed by atoms with van der Waals surface area (Å²) in [4.78, 5) is 2.09. The van der Waals surface area contributed by atoms with Gasteiger partial charge in [-0.2, -0.15) is 0 Å². The highest BCUT2D eigenvalue weighted by molar-refractivity contribution is 6.45. The minimum Gasteiger partial charge on any atom is -0.402 e. The van der Waals surface area contributed by atoms with Gasteiger partial charge in [-0.05, 0) is 41.8 Å². The van der Waals surface area contributed by atoms with E-state index in [2.05, 4.69) is 4.90 Å². The Morgan fingerprint density at radius 3 is 2.00 bits per heavy atom. The zero-order chi connectivity index (χ0) is 12.4. The van der Waals surface area contributed by atoms with Gasteiger partial charge in [0.2, 0.25) is 0 Å². The Hall–Kier alpha value is -0.0951. The van der Waals surface area contributed by atoms with E-state index in [-0.39, 0.29) is 18.3 Å². The molecule has 1 saturated heterocycles. The summed E-state index contributed by atoms with van der Waals surface area (Å²) in [5.41, 5.74) is -0.523. The van der Waals surface area contributed by atoms with Crippen molar-refractivity contribution in [2.45, 2.75) is 38.9 Å². The molecule has 0 aliphatic carbocycles. The first-order chi connectivity index (χ1) is 7.24. The Morgan fingerprint density at radius 2 is 1.56 bits per heavy atom. The normalized spacial score (nSPS) is 23.1. The van der Waals surface area contributed by atoms with Crippen molar-refractivity contribution >= 4 is 7.12 Å². The van der Waals surface area contributed by atoms with Crippen LogP contribution in [-0.2, 0) is 14.0 Å². The number of hydrogen-bond acceptors (Lipinski definition) is 4. The lowest BCUT2D eigenvalue weighted by Crippen LogP contribution is -2.41. The summed E-state index contributed by atoms with van der Waals surface area (Å²) in [6.45, 7) is 10.3. The second-order valence-corrected chi connectivity index (χ2v) is 5.56. The van der Waals surface area contributed by atoms with Gasteiger partial charge in [0.25, 0.3) is 0 Å². The van der Waals surface area contributed by atoms with Gasteiger partial charge in [-0.3, -0.25) is 0 Å². The van der Waals surface area contributed by atoms with Crippen LogP contribution in [0.5, 0.6) is 0 Å². The molecule has 0 aromatic rings. The van der Waals surface area contributed by atoms with E-state index in [0.717, 1.165) is 6.54 Å². The molecule has 5 heteroatoms. The molecule has 1 fully saturated rings. The smallest absolute Gasteiger partial charge is 0.402 e. The zero-order valence-corrected chi connectivity index (χ0v) is 11.4. The molecule has 0 unspecified atom stereocenters. The van der Waals surface area contributed by atoms with Crippen molar-refractivity contribution in [3.63, 3.8) is 0 Å². The third-order valence-corrected chi connectivity index (χ3v) is 3.24. The fourth-order valence-corrected chi connectivity index (χ4v) is 1.46. The summed E-state index contributed by atoms with van der Waals surface area (Å²) in [5, 5.41) is 0. The van der Waals surface area contributed by atoms with Crippen LogP contribution in [-0.4, -0.2) is 57.0 Å². The summed E-state index contributed by atoms with van der Waals surface area (Å²) in [6.07, 6.45) is 0. The van der Waals surface area contributed by atoms with Crippen LogP contribution in [0, 0.1) is 0 Å². The van der Waals surface area contributed by atoms with Crippen LogP contribution in [0.25, 0.3) is 0 Å².